The number of fused-ring (bicyclic) bond motifs is 1. The topological polar surface area (TPSA) is 49.3 Å². The normalized spacial score (nSPS) is 37.8. The van der Waals surface area contributed by atoms with E-state index in [4.69, 9.17) is 9.57 Å². The molecular weight excluding hydrogens is 292 g/mol. The average Bonchev–Trinajstić information content (AvgIpc) is 3.10. The lowest BCUT2D eigenvalue weighted by Crippen LogP contribution is -2.47. The molecule has 3 unspecified atom stereocenters. The van der Waals surface area contributed by atoms with Crippen LogP contribution in [0.25, 0.3) is 0 Å². The molecule has 3 saturated heterocycles. The van der Waals surface area contributed by atoms with Crippen molar-refractivity contribution in [2.75, 3.05) is 52.9 Å². The van der Waals surface area contributed by atoms with Crippen LogP contribution in [0.1, 0.15) is 26.2 Å². The number of nitrogens with zero attached hydrogens (tertiary/aromatic N) is 3. The average molecular weight is 322 g/mol. The Morgan fingerprint density at radius 2 is 2.13 bits per heavy atom. The maximum Gasteiger partial charge on any atom is 0.232 e. The number of piperidine rings is 1. The van der Waals surface area contributed by atoms with Crippen LogP contribution in [0.5, 0.6) is 0 Å². The molecule has 4 aliphatic heterocycles. The molecule has 6 nitrogen and oxygen atoms in total. The van der Waals surface area contributed by atoms with E-state index in [1.165, 1.54) is 26.1 Å². The number of nitrogens with one attached hydrogen (secondary N) is 1. The van der Waals surface area contributed by atoms with Crippen LogP contribution in [-0.2, 0) is 9.57 Å². The number of hydrogen-bond acceptors (Lipinski definition) is 6. The second-order valence-corrected chi connectivity index (χ2v) is 8.06. The van der Waals surface area contributed by atoms with Gasteiger partial charge in [-0.05, 0) is 51.9 Å². The van der Waals surface area contributed by atoms with Crippen LogP contribution >= 0.6 is 0 Å². The van der Waals surface area contributed by atoms with Gasteiger partial charge in [-0.1, -0.05) is 12.1 Å². The van der Waals surface area contributed by atoms with Crippen LogP contribution in [0.3, 0.4) is 0 Å². The molecule has 0 amide bonds. The highest BCUT2D eigenvalue weighted by atomic mass is 16.7. The minimum Gasteiger partial charge on any atom is -0.470 e. The predicted octanol–water partition coefficient (Wildman–Crippen LogP) is 0.741. The van der Waals surface area contributed by atoms with Gasteiger partial charge in [-0.25, -0.2) is 0 Å². The van der Waals surface area contributed by atoms with Crippen molar-refractivity contribution in [2.24, 2.45) is 16.5 Å². The largest absolute Gasteiger partial charge is 0.470 e. The molecule has 6 heteroatoms. The van der Waals surface area contributed by atoms with Gasteiger partial charge in [0.05, 0.1) is 0 Å². The van der Waals surface area contributed by atoms with E-state index < -0.39 is 0 Å². The molecule has 0 spiro atoms. The summed E-state index contributed by atoms with van der Waals surface area (Å²) in [5, 5.41) is 7.67. The second-order valence-electron chi connectivity index (χ2n) is 8.06. The van der Waals surface area contributed by atoms with Crippen molar-refractivity contribution < 1.29 is 9.57 Å². The van der Waals surface area contributed by atoms with E-state index in [9.17, 15) is 0 Å². The zero-order chi connectivity index (χ0) is 15.9. The fourth-order valence-corrected chi connectivity index (χ4v) is 4.62. The van der Waals surface area contributed by atoms with E-state index in [0.29, 0.717) is 6.61 Å². The molecule has 0 aliphatic carbocycles. The molecule has 0 aromatic heterocycles. The van der Waals surface area contributed by atoms with Crippen LogP contribution in [0.4, 0.5) is 0 Å². The summed E-state index contributed by atoms with van der Waals surface area (Å²) in [5.74, 6) is 1.67. The monoisotopic (exact) mass is 322 g/mol. The highest BCUT2D eigenvalue weighted by Crippen LogP contribution is 2.33. The summed E-state index contributed by atoms with van der Waals surface area (Å²) in [6.07, 6.45) is 3.61. The first-order valence-corrected chi connectivity index (χ1v) is 9.14. The van der Waals surface area contributed by atoms with Gasteiger partial charge in [-0.15, -0.1) is 0 Å². The molecular formula is C17H30N4O2. The van der Waals surface area contributed by atoms with Gasteiger partial charge in [0.1, 0.15) is 6.10 Å². The third-order valence-corrected chi connectivity index (χ3v) is 6.27. The second kappa shape index (κ2) is 6.22. The Bertz CT molecular complexity index is 464. The van der Waals surface area contributed by atoms with Crippen LogP contribution < -0.4 is 5.32 Å². The smallest absolute Gasteiger partial charge is 0.232 e. The van der Waals surface area contributed by atoms with E-state index >= 15 is 0 Å². The predicted molar refractivity (Wildman–Crippen MR) is 89.4 cm³/mol. The Hall–Kier alpha value is -0.850. The van der Waals surface area contributed by atoms with Crippen LogP contribution in [0.2, 0.25) is 0 Å². The maximum atomic E-state index is 6.28. The van der Waals surface area contributed by atoms with Gasteiger partial charge in [0.2, 0.25) is 5.90 Å². The van der Waals surface area contributed by atoms with Crippen molar-refractivity contribution in [1.82, 2.24) is 15.1 Å². The van der Waals surface area contributed by atoms with E-state index in [-0.39, 0.29) is 11.5 Å². The number of likely N-dealkylation sites (tertiary alicyclic amines) is 2. The first-order valence-electron chi connectivity index (χ1n) is 9.14. The fourth-order valence-electron chi connectivity index (χ4n) is 4.62. The van der Waals surface area contributed by atoms with Gasteiger partial charge < -0.3 is 19.8 Å². The summed E-state index contributed by atoms with van der Waals surface area (Å²) in [6.45, 7) is 9.52. The summed E-state index contributed by atoms with van der Waals surface area (Å²) in [6, 6.07) is 0.745. The molecule has 4 aliphatic rings. The zero-order valence-electron chi connectivity index (χ0n) is 14.5. The molecule has 1 N–H and O–H groups in total. The molecule has 23 heavy (non-hydrogen) atoms. The molecule has 130 valence electrons. The summed E-state index contributed by atoms with van der Waals surface area (Å²) in [5.41, 5.74) is 0.0334. The van der Waals surface area contributed by atoms with Gasteiger partial charge in [-0.3, -0.25) is 4.90 Å². The Labute approximate surface area is 139 Å². The SMILES string of the molecule is CN1CCC2CN(CC3CON=C(C4(C)CCNCC4)O3)CC21. The Balaban J connectivity index is 1.34. The number of likely N-dealkylation sites (N-methyl/N-ethyl adjacent to an activating group) is 1. The van der Waals surface area contributed by atoms with Crippen LogP contribution in [-0.4, -0.2) is 80.8 Å². The molecule has 3 atom stereocenters. The molecule has 0 saturated carbocycles. The Morgan fingerprint density at radius 3 is 2.91 bits per heavy atom. The molecule has 0 radical (unpaired) electrons. The van der Waals surface area contributed by atoms with Gasteiger partial charge in [-0.2, -0.15) is 0 Å². The van der Waals surface area contributed by atoms with Crippen molar-refractivity contribution in [1.29, 1.82) is 0 Å². The highest BCUT2D eigenvalue weighted by molar-refractivity contribution is 5.82. The Morgan fingerprint density at radius 1 is 1.30 bits per heavy atom. The van der Waals surface area contributed by atoms with Gasteiger partial charge >= 0.3 is 0 Å². The number of oxime groups is 1. The van der Waals surface area contributed by atoms with Crippen molar-refractivity contribution in [3.63, 3.8) is 0 Å². The molecule has 0 aromatic rings. The van der Waals surface area contributed by atoms with E-state index in [2.05, 4.69) is 34.2 Å². The minimum atomic E-state index is 0.0334. The minimum absolute atomic E-state index is 0.0334. The van der Waals surface area contributed by atoms with Crippen LogP contribution in [0, 0.1) is 11.3 Å². The lowest BCUT2D eigenvalue weighted by Gasteiger charge is -2.37. The summed E-state index contributed by atoms with van der Waals surface area (Å²) >= 11 is 0. The standard InChI is InChI=1S/C17H30N4O2/c1-17(4-6-18-7-5-17)16-19-22-12-14(23-16)10-21-9-13-3-8-20(2)15(13)11-21/h13-15,18H,3-12H2,1-2H3. The van der Waals surface area contributed by atoms with Gasteiger partial charge in [0.25, 0.3) is 0 Å². The fraction of sp³-hybridized carbons (Fsp3) is 0.941. The molecule has 0 bridgehead atoms. The summed E-state index contributed by atoms with van der Waals surface area (Å²) < 4.78 is 6.28. The molecule has 4 heterocycles. The van der Waals surface area contributed by atoms with Crippen molar-refractivity contribution >= 4 is 5.90 Å². The third kappa shape index (κ3) is 3.08. The quantitative estimate of drug-likeness (QED) is 0.831. The van der Waals surface area contributed by atoms with Gasteiger partial charge in [0.15, 0.2) is 6.61 Å². The zero-order valence-corrected chi connectivity index (χ0v) is 14.5. The van der Waals surface area contributed by atoms with Crippen LogP contribution in [0.15, 0.2) is 5.16 Å². The highest BCUT2D eigenvalue weighted by Gasteiger charge is 2.42. The lowest BCUT2D eigenvalue weighted by atomic mass is 9.80. The maximum absolute atomic E-state index is 6.28. The first kappa shape index (κ1) is 15.7. The number of hydrogen-bond donors (Lipinski definition) is 1. The van der Waals surface area contributed by atoms with E-state index in [0.717, 1.165) is 50.3 Å². The van der Waals surface area contributed by atoms with Crippen molar-refractivity contribution in [2.45, 2.75) is 38.3 Å². The van der Waals surface area contributed by atoms with Crippen molar-refractivity contribution in [3.05, 3.63) is 0 Å². The lowest BCUT2D eigenvalue weighted by molar-refractivity contribution is -0.0192. The Kier molecular flexibility index (Phi) is 4.24. The molecule has 4 rings (SSSR count). The van der Waals surface area contributed by atoms with Crippen molar-refractivity contribution in [3.8, 4) is 0 Å². The summed E-state index contributed by atoms with van der Waals surface area (Å²) in [4.78, 5) is 10.6. The van der Waals surface area contributed by atoms with E-state index in [1.807, 2.05) is 0 Å². The number of rotatable bonds is 3. The summed E-state index contributed by atoms with van der Waals surface area (Å²) in [7, 11) is 2.26. The molecule has 0 aromatic carbocycles. The van der Waals surface area contributed by atoms with Gasteiger partial charge in [0, 0.05) is 31.1 Å². The third-order valence-electron chi connectivity index (χ3n) is 6.27. The molecule has 3 fully saturated rings. The number of ether oxygens (including phenoxy) is 1. The van der Waals surface area contributed by atoms with E-state index in [1.54, 1.807) is 0 Å². The first-order chi connectivity index (χ1) is 11.1.